The SMILES string of the molecule is CC(C)c1ncc(Cl)c(C(=O)N(C)C(C)C(C)C)n1. The van der Waals surface area contributed by atoms with E-state index in [2.05, 4.69) is 23.8 Å². The Balaban J connectivity index is 3.08. The third kappa shape index (κ3) is 3.66. The third-order valence-corrected chi connectivity index (χ3v) is 3.65. The van der Waals surface area contributed by atoms with Crippen LogP contribution in [0.3, 0.4) is 0 Å². The van der Waals surface area contributed by atoms with E-state index in [0.717, 1.165) is 0 Å². The summed E-state index contributed by atoms with van der Waals surface area (Å²) in [6.07, 6.45) is 1.50. The van der Waals surface area contributed by atoms with Crippen molar-refractivity contribution in [1.29, 1.82) is 0 Å². The van der Waals surface area contributed by atoms with Crippen LogP contribution in [0, 0.1) is 5.92 Å². The van der Waals surface area contributed by atoms with Crippen LogP contribution in [0.2, 0.25) is 5.02 Å². The van der Waals surface area contributed by atoms with E-state index in [-0.39, 0.29) is 23.6 Å². The lowest BCUT2D eigenvalue weighted by molar-refractivity contribution is 0.0700. The second-order valence-electron chi connectivity index (χ2n) is 5.48. The fourth-order valence-electron chi connectivity index (χ4n) is 1.61. The number of hydrogen-bond donors (Lipinski definition) is 0. The van der Waals surface area contributed by atoms with Crippen LogP contribution in [0.4, 0.5) is 0 Å². The van der Waals surface area contributed by atoms with Crippen LogP contribution in [0.5, 0.6) is 0 Å². The minimum absolute atomic E-state index is 0.126. The molecule has 1 unspecified atom stereocenters. The molecule has 0 spiro atoms. The summed E-state index contributed by atoms with van der Waals surface area (Å²) in [4.78, 5) is 22.6. The summed E-state index contributed by atoms with van der Waals surface area (Å²) in [7, 11) is 1.78. The molecule has 0 aliphatic carbocycles. The van der Waals surface area contributed by atoms with E-state index in [1.54, 1.807) is 11.9 Å². The molecular formula is C14H22ClN3O. The number of aromatic nitrogens is 2. The molecule has 0 aliphatic heterocycles. The Kier molecular flexibility index (Phi) is 5.29. The van der Waals surface area contributed by atoms with Crippen LogP contribution in [-0.4, -0.2) is 33.9 Å². The molecule has 106 valence electrons. The number of carbonyl (C=O) groups is 1. The Hall–Kier alpha value is -1.16. The topological polar surface area (TPSA) is 46.1 Å². The van der Waals surface area contributed by atoms with Gasteiger partial charge in [0.2, 0.25) is 0 Å². The quantitative estimate of drug-likeness (QED) is 0.851. The van der Waals surface area contributed by atoms with E-state index < -0.39 is 0 Å². The summed E-state index contributed by atoms with van der Waals surface area (Å²) in [5, 5.41) is 0.303. The van der Waals surface area contributed by atoms with Gasteiger partial charge < -0.3 is 4.90 Å². The van der Waals surface area contributed by atoms with Gasteiger partial charge in [0.15, 0.2) is 5.69 Å². The average Bonchev–Trinajstić information content (AvgIpc) is 2.36. The number of rotatable bonds is 4. The van der Waals surface area contributed by atoms with Crippen molar-refractivity contribution in [3.05, 3.63) is 22.7 Å². The molecule has 1 aromatic rings. The number of hydrogen-bond acceptors (Lipinski definition) is 3. The summed E-state index contributed by atoms with van der Waals surface area (Å²) in [6.45, 7) is 10.1. The van der Waals surface area contributed by atoms with Crippen molar-refractivity contribution in [2.45, 2.75) is 46.6 Å². The second kappa shape index (κ2) is 6.33. The molecule has 0 N–H and O–H groups in total. The smallest absolute Gasteiger partial charge is 0.274 e. The lowest BCUT2D eigenvalue weighted by atomic mass is 10.0. The van der Waals surface area contributed by atoms with Crippen LogP contribution >= 0.6 is 11.6 Å². The standard InChI is InChI=1S/C14H22ClN3O/c1-8(2)10(5)18(6)14(19)12-11(15)7-16-13(17-12)9(3)4/h7-10H,1-6H3. The maximum Gasteiger partial charge on any atom is 0.274 e. The van der Waals surface area contributed by atoms with Gasteiger partial charge in [-0.25, -0.2) is 9.97 Å². The van der Waals surface area contributed by atoms with E-state index in [9.17, 15) is 4.79 Å². The lowest BCUT2D eigenvalue weighted by Crippen LogP contribution is -2.39. The van der Waals surface area contributed by atoms with Crippen molar-refractivity contribution in [2.24, 2.45) is 5.92 Å². The molecule has 0 saturated heterocycles. The van der Waals surface area contributed by atoms with Crippen molar-refractivity contribution < 1.29 is 4.79 Å². The predicted octanol–water partition coefficient (Wildman–Crippen LogP) is 3.37. The Bertz CT molecular complexity index is 460. The van der Waals surface area contributed by atoms with Crippen LogP contribution in [0.15, 0.2) is 6.20 Å². The zero-order valence-electron chi connectivity index (χ0n) is 12.4. The van der Waals surface area contributed by atoms with E-state index in [1.807, 2.05) is 20.8 Å². The van der Waals surface area contributed by atoms with Crippen LogP contribution < -0.4 is 0 Å². The molecule has 1 atom stereocenters. The van der Waals surface area contributed by atoms with E-state index in [0.29, 0.717) is 16.8 Å². The van der Waals surface area contributed by atoms with Gasteiger partial charge in [-0.05, 0) is 12.8 Å². The van der Waals surface area contributed by atoms with Crippen molar-refractivity contribution in [3.63, 3.8) is 0 Å². The average molecular weight is 284 g/mol. The van der Waals surface area contributed by atoms with Gasteiger partial charge in [0, 0.05) is 19.0 Å². The summed E-state index contributed by atoms with van der Waals surface area (Å²) in [5.74, 6) is 1.02. The van der Waals surface area contributed by atoms with Gasteiger partial charge in [-0.1, -0.05) is 39.3 Å². The van der Waals surface area contributed by atoms with Crippen molar-refractivity contribution in [2.75, 3.05) is 7.05 Å². The molecule has 5 heteroatoms. The first kappa shape index (κ1) is 15.9. The molecule has 0 aromatic carbocycles. The van der Waals surface area contributed by atoms with E-state index in [1.165, 1.54) is 6.20 Å². The van der Waals surface area contributed by atoms with Gasteiger partial charge >= 0.3 is 0 Å². The minimum Gasteiger partial charge on any atom is -0.337 e. The second-order valence-corrected chi connectivity index (χ2v) is 5.89. The van der Waals surface area contributed by atoms with E-state index >= 15 is 0 Å². The van der Waals surface area contributed by atoms with Crippen molar-refractivity contribution in [3.8, 4) is 0 Å². The summed E-state index contributed by atoms with van der Waals surface area (Å²) in [6, 6.07) is 0.126. The van der Waals surface area contributed by atoms with Gasteiger partial charge in [0.1, 0.15) is 5.82 Å². The molecule has 1 aromatic heterocycles. The summed E-state index contributed by atoms with van der Waals surface area (Å²) in [5.41, 5.74) is 0.287. The molecular weight excluding hydrogens is 262 g/mol. The fraction of sp³-hybridized carbons (Fsp3) is 0.643. The normalized spacial score (nSPS) is 12.9. The Morgan fingerprint density at radius 2 is 1.84 bits per heavy atom. The molecule has 0 fully saturated rings. The maximum atomic E-state index is 12.4. The molecule has 4 nitrogen and oxygen atoms in total. The summed E-state index contributed by atoms with van der Waals surface area (Å²) >= 11 is 6.05. The molecule has 1 rings (SSSR count). The van der Waals surface area contributed by atoms with Gasteiger partial charge in [0.25, 0.3) is 5.91 Å². The number of carbonyl (C=O) groups excluding carboxylic acids is 1. The Labute approximate surface area is 120 Å². The predicted molar refractivity (Wildman–Crippen MR) is 77.5 cm³/mol. The highest BCUT2D eigenvalue weighted by Crippen LogP contribution is 2.19. The van der Waals surface area contributed by atoms with Crippen LogP contribution in [0.25, 0.3) is 0 Å². The minimum atomic E-state index is -0.157. The molecule has 0 radical (unpaired) electrons. The van der Waals surface area contributed by atoms with E-state index in [4.69, 9.17) is 11.6 Å². The van der Waals surface area contributed by atoms with Crippen molar-refractivity contribution in [1.82, 2.24) is 14.9 Å². The highest BCUT2D eigenvalue weighted by Gasteiger charge is 2.23. The number of nitrogens with zero attached hydrogens (tertiary/aromatic N) is 3. The molecule has 1 amide bonds. The fourth-order valence-corrected chi connectivity index (χ4v) is 1.78. The van der Waals surface area contributed by atoms with Crippen LogP contribution in [0.1, 0.15) is 56.8 Å². The molecule has 0 saturated carbocycles. The maximum absolute atomic E-state index is 12.4. The third-order valence-electron chi connectivity index (χ3n) is 3.38. The van der Waals surface area contributed by atoms with Gasteiger partial charge in [0.05, 0.1) is 11.2 Å². The molecule has 0 bridgehead atoms. The van der Waals surface area contributed by atoms with Gasteiger partial charge in [-0.3, -0.25) is 4.79 Å². The van der Waals surface area contributed by atoms with Crippen LogP contribution in [-0.2, 0) is 0 Å². The summed E-state index contributed by atoms with van der Waals surface area (Å²) < 4.78 is 0. The first-order chi connectivity index (χ1) is 8.75. The molecule has 1 heterocycles. The lowest BCUT2D eigenvalue weighted by Gasteiger charge is -2.28. The molecule has 19 heavy (non-hydrogen) atoms. The van der Waals surface area contributed by atoms with Gasteiger partial charge in [-0.2, -0.15) is 0 Å². The highest BCUT2D eigenvalue weighted by molar-refractivity contribution is 6.33. The Morgan fingerprint density at radius 3 is 2.32 bits per heavy atom. The first-order valence-electron chi connectivity index (χ1n) is 6.55. The zero-order chi connectivity index (χ0) is 14.7. The molecule has 0 aliphatic rings. The number of amides is 1. The zero-order valence-corrected chi connectivity index (χ0v) is 13.2. The van der Waals surface area contributed by atoms with Gasteiger partial charge in [-0.15, -0.1) is 0 Å². The monoisotopic (exact) mass is 283 g/mol. The number of halogens is 1. The Morgan fingerprint density at radius 1 is 1.26 bits per heavy atom. The largest absolute Gasteiger partial charge is 0.337 e. The first-order valence-corrected chi connectivity index (χ1v) is 6.93. The highest BCUT2D eigenvalue weighted by atomic mass is 35.5. The van der Waals surface area contributed by atoms with Crippen molar-refractivity contribution >= 4 is 17.5 Å².